The highest BCUT2D eigenvalue weighted by Crippen LogP contribution is 2.22. The van der Waals surface area contributed by atoms with Gasteiger partial charge in [0.1, 0.15) is 5.69 Å². The van der Waals surface area contributed by atoms with Crippen LogP contribution < -0.4 is 0 Å². The summed E-state index contributed by atoms with van der Waals surface area (Å²) in [5.41, 5.74) is 3.47. The third-order valence-corrected chi connectivity index (χ3v) is 3.94. The first kappa shape index (κ1) is 14.0. The van der Waals surface area contributed by atoms with Gasteiger partial charge in [-0.25, -0.2) is 0 Å². The van der Waals surface area contributed by atoms with Crippen LogP contribution in [-0.4, -0.2) is 16.1 Å². The number of hydrogen-bond donors (Lipinski definition) is 0. The molecule has 104 valence electrons. The summed E-state index contributed by atoms with van der Waals surface area (Å²) in [6.45, 7) is 0.659. The molecule has 0 saturated carbocycles. The van der Waals surface area contributed by atoms with E-state index in [0.29, 0.717) is 12.1 Å². The van der Waals surface area contributed by atoms with Gasteiger partial charge in [0.2, 0.25) is 0 Å². The highest BCUT2D eigenvalue weighted by molar-refractivity contribution is 14.1. The Hall–Kier alpha value is -1.95. The number of carbonyl (C=O) groups excluding carboxylic acids is 1. The molecule has 0 N–H and O–H groups in total. The van der Waals surface area contributed by atoms with Crippen molar-refractivity contribution in [2.45, 2.75) is 6.54 Å². The van der Waals surface area contributed by atoms with Crippen LogP contribution in [-0.2, 0) is 6.54 Å². The van der Waals surface area contributed by atoms with Crippen LogP contribution in [0.15, 0.2) is 60.8 Å². The van der Waals surface area contributed by atoms with E-state index in [-0.39, 0.29) is 0 Å². The predicted molar refractivity (Wildman–Crippen MR) is 91.3 cm³/mol. The minimum atomic E-state index is 0.618. The lowest BCUT2D eigenvalue weighted by atomic mass is 10.1. The normalized spacial score (nSPS) is 10.5. The Kier molecular flexibility index (Phi) is 4.15. The highest BCUT2D eigenvalue weighted by Gasteiger charge is 2.10. The molecule has 0 unspecified atom stereocenters. The standard InChI is InChI=1S/C17H13IN2O/c18-16-8-6-14(7-9-16)17-15(12-21)11-20(19-17)10-13-4-2-1-3-5-13/h1-9,11-12H,10H2. The van der Waals surface area contributed by atoms with E-state index in [4.69, 9.17) is 0 Å². The first-order chi connectivity index (χ1) is 10.3. The molecule has 0 aliphatic rings. The Labute approximate surface area is 136 Å². The van der Waals surface area contributed by atoms with Crippen molar-refractivity contribution in [3.8, 4) is 11.3 Å². The van der Waals surface area contributed by atoms with Crippen LogP contribution in [0.1, 0.15) is 15.9 Å². The molecule has 3 aromatic rings. The van der Waals surface area contributed by atoms with E-state index in [2.05, 4.69) is 27.7 Å². The number of halogens is 1. The number of rotatable bonds is 4. The maximum atomic E-state index is 11.3. The van der Waals surface area contributed by atoms with Crippen LogP contribution in [0, 0.1) is 3.57 Å². The molecule has 3 rings (SSSR count). The van der Waals surface area contributed by atoms with Gasteiger partial charge in [-0.3, -0.25) is 9.48 Å². The van der Waals surface area contributed by atoms with Crippen molar-refractivity contribution >= 4 is 28.9 Å². The Morgan fingerprint density at radius 3 is 2.43 bits per heavy atom. The van der Waals surface area contributed by atoms with Gasteiger partial charge in [-0.05, 0) is 40.3 Å². The number of aldehydes is 1. The number of carbonyl (C=O) groups is 1. The first-order valence-corrected chi connectivity index (χ1v) is 7.66. The summed E-state index contributed by atoms with van der Waals surface area (Å²) in [6, 6.07) is 18.1. The Morgan fingerprint density at radius 2 is 1.76 bits per heavy atom. The van der Waals surface area contributed by atoms with Crippen LogP contribution in [0.25, 0.3) is 11.3 Å². The van der Waals surface area contributed by atoms with Crippen LogP contribution in [0.2, 0.25) is 0 Å². The second-order valence-electron chi connectivity index (χ2n) is 4.74. The number of hydrogen-bond acceptors (Lipinski definition) is 2. The minimum Gasteiger partial charge on any atom is -0.298 e. The molecule has 2 aromatic carbocycles. The maximum absolute atomic E-state index is 11.3. The van der Waals surface area contributed by atoms with Crippen LogP contribution in [0.4, 0.5) is 0 Å². The Balaban J connectivity index is 1.95. The molecule has 0 spiro atoms. The predicted octanol–water partition coefficient (Wildman–Crippen LogP) is 4.02. The molecular weight excluding hydrogens is 375 g/mol. The van der Waals surface area contributed by atoms with E-state index in [0.717, 1.165) is 26.7 Å². The Morgan fingerprint density at radius 1 is 1.05 bits per heavy atom. The molecular formula is C17H13IN2O. The van der Waals surface area contributed by atoms with Gasteiger partial charge >= 0.3 is 0 Å². The lowest BCUT2D eigenvalue weighted by molar-refractivity contribution is 0.112. The van der Waals surface area contributed by atoms with Gasteiger partial charge in [-0.2, -0.15) is 5.10 Å². The largest absolute Gasteiger partial charge is 0.298 e. The zero-order valence-electron chi connectivity index (χ0n) is 11.2. The van der Waals surface area contributed by atoms with E-state index in [1.54, 1.807) is 6.20 Å². The molecule has 0 aliphatic heterocycles. The smallest absolute Gasteiger partial charge is 0.153 e. The van der Waals surface area contributed by atoms with Gasteiger partial charge < -0.3 is 0 Å². The van der Waals surface area contributed by atoms with Crippen molar-refractivity contribution in [3.05, 3.63) is 75.5 Å². The maximum Gasteiger partial charge on any atom is 0.153 e. The minimum absolute atomic E-state index is 0.618. The van der Waals surface area contributed by atoms with Crippen LogP contribution >= 0.6 is 22.6 Å². The zero-order chi connectivity index (χ0) is 14.7. The summed E-state index contributed by atoms with van der Waals surface area (Å²) >= 11 is 2.26. The van der Waals surface area contributed by atoms with E-state index in [9.17, 15) is 4.79 Å². The van der Waals surface area contributed by atoms with Crippen molar-refractivity contribution in [2.75, 3.05) is 0 Å². The monoisotopic (exact) mass is 388 g/mol. The van der Waals surface area contributed by atoms with Crippen molar-refractivity contribution in [2.24, 2.45) is 0 Å². The van der Waals surface area contributed by atoms with Crippen molar-refractivity contribution in [1.29, 1.82) is 0 Å². The van der Waals surface area contributed by atoms with Crippen LogP contribution in [0.3, 0.4) is 0 Å². The molecule has 1 aromatic heterocycles. The molecule has 0 aliphatic carbocycles. The molecule has 1 heterocycles. The molecule has 0 atom stereocenters. The number of benzene rings is 2. The van der Waals surface area contributed by atoms with Crippen LogP contribution in [0.5, 0.6) is 0 Å². The van der Waals surface area contributed by atoms with E-state index < -0.39 is 0 Å². The molecule has 4 heteroatoms. The number of aromatic nitrogens is 2. The van der Waals surface area contributed by atoms with Gasteiger partial charge in [0, 0.05) is 15.3 Å². The number of nitrogens with zero attached hydrogens (tertiary/aromatic N) is 2. The SMILES string of the molecule is O=Cc1cn(Cc2ccccc2)nc1-c1ccc(I)cc1. The summed E-state index contributed by atoms with van der Waals surface area (Å²) in [5, 5.41) is 4.56. The van der Waals surface area contributed by atoms with Crippen molar-refractivity contribution in [3.63, 3.8) is 0 Å². The Bertz CT molecular complexity index is 748. The third-order valence-electron chi connectivity index (χ3n) is 3.22. The average molecular weight is 388 g/mol. The molecule has 21 heavy (non-hydrogen) atoms. The zero-order valence-corrected chi connectivity index (χ0v) is 13.4. The van der Waals surface area contributed by atoms with Gasteiger partial charge in [0.15, 0.2) is 6.29 Å². The van der Waals surface area contributed by atoms with Gasteiger partial charge in [0.25, 0.3) is 0 Å². The van der Waals surface area contributed by atoms with Gasteiger partial charge in [0.05, 0.1) is 12.1 Å². The molecule has 3 nitrogen and oxygen atoms in total. The first-order valence-electron chi connectivity index (χ1n) is 6.59. The summed E-state index contributed by atoms with van der Waals surface area (Å²) in [4.78, 5) is 11.3. The summed E-state index contributed by atoms with van der Waals surface area (Å²) in [5.74, 6) is 0. The summed E-state index contributed by atoms with van der Waals surface area (Å²) < 4.78 is 2.97. The summed E-state index contributed by atoms with van der Waals surface area (Å²) in [6.07, 6.45) is 2.66. The topological polar surface area (TPSA) is 34.9 Å². The van der Waals surface area contributed by atoms with Crippen molar-refractivity contribution < 1.29 is 4.79 Å². The quantitative estimate of drug-likeness (QED) is 0.500. The van der Waals surface area contributed by atoms with E-state index in [1.165, 1.54) is 0 Å². The molecule has 0 fully saturated rings. The third kappa shape index (κ3) is 3.21. The van der Waals surface area contributed by atoms with Gasteiger partial charge in [-0.1, -0.05) is 42.5 Å². The van der Waals surface area contributed by atoms with E-state index >= 15 is 0 Å². The lowest BCUT2D eigenvalue weighted by Gasteiger charge is -2.01. The second-order valence-corrected chi connectivity index (χ2v) is 5.99. The molecule has 0 radical (unpaired) electrons. The fraction of sp³-hybridized carbons (Fsp3) is 0.0588. The molecule has 0 amide bonds. The molecule has 0 saturated heterocycles. The molecule has 0 bridgehead atoms. The average Bonchev–Trinajstić information content (AvgIpc) is 2.92. The van der Waals surface area contributed by atoms with Gasteiger partial charge in [-0.15, -0.1) is 0 Å². The highest BCUT2D eigenvalue weighted by atomic mass is 127. The lowest BCUT2D eigenvalue weighted by Crippen LogP contribution is -2.00. The fourth-order valence-electron chi connectivity index (χ4n) is 2.21. The fourth-order valence-corrected chi connectivity index (χ4v) is 2.57. The van der Waals surface area contributed by atoms with Crippen molar-refractivity contribution in [1.82, 2.24) is 9.78 Å². The van der Waals surface area contributed by atoms with E-state index in [1.807, 2.05) is 59.3 Å². The second kappa shape index (κ2) is 6.22. The summed E-state index contributed by atoms with van der Waals surface area (Å²) in [7, 11) is 0.